The highest BCUT2D eigenvalue weighted by Crippen LogP contribution is 2.35. The Balaban J connectivity index is 1.39. The molecule has 0 bridgehead atoms. The fraction of sp³-hybridized carbons (Fsp3) is 0.417. The predicted molar refractivity (Wildman–Crippen MR) is 146 cm³/mol. The number of amides is 1. The number of hydrogen-bond donors (Lipinski definition) is 1. The number of piperidine rings is 1. The number of nitrogens with one attached hydrogen (secondary N) is 1. The molecule has 0 atom stereocenters. The molecule has 2 heterocycles. The number of carbonyl (C=O) groups excluding carboxylic acids is 1. The van der Waals surface area contributed by atoms with Crippen LogP contribution in [0.2, 0.25) is 10.0 Å². The highest BCUT2D eigenvalue weighted by Gasteiger charge is 2.25. The van der Waals surface area contributed by atoms with Crippen LogP contribution in [-0.4, -0.2) is 67.2 Å². The first-order chi connectivity index (χ1) is 17.3. The minimum atomic E-state index is -0.407. The van der Waals surface area contributed by atoms with Crippen molar-refractivity contribution in [2.45, 2.75) is 19.3 Å². The number of rotatable bonds is 5. The van der Waals surface area contributed by atoms with Gasteiger partial charge in [0.1, 0.15) is 5.69 Å². The average Bonchev–Trinajstić information content (AvgIpc) is 2.88. The van der Waals surface area contributed by atoms with Crippen molar-refractivity contribution in [3.63, 3.8) is 0 Å². The largest absolute Gasteiger partial charge is 0.494 e. The summed E-state index contributed by atoms with van der Waals surface area (Å²) in [7, 11) is 1.45. The van der Waals surface area contributed by atoms with E-state index in [0.717, 1.165) is 38.0 Å². The lowest BCUT2D eigenvalue weighted by Crippen LogP contribution is -2.52. The van der Waals surface area contributed by atoms with Gasteiger partial charge in [0.2, 0.25) is 0 Å². The fourth-order valence-corrected chi connectivity index (χ4v) is 5.47. The summed E-state index contributed by atoms with van der Waals surface area (Å²) in [4.78, 5) is 30.2. The maximum atomic E-state index is 12.7. The second-order valence-electron chi connectivity index (χ2n) is 8.68. The van der Waals surface area contributed by atoms with Gasteiger partial charge in [-0.05, 0) is 55.7 Å². The maximum absolute atomic E-state index is 12.7. The summed E-state index contributed by atoms with van der Waals surface area (Å²) in [6.07, 6.45) is 3.23. The molecular formula is C24H27Cl2N5O4S. The second kappa shape index (κ2) is 11.5. The Bertz CT molecular complexity index is 1140. The molecule has 2 aromatic rings. The van der Waals surface area contributed by atoms with Crippen molar-refractivity contribution >= 4 is 63.5 Å². The topological polar surface area (TPSA) is 91.2 Å². The molecule has 9 nitrogen and oxygen atoms in total. The number of nitro groups is 1. The fourth-order valence-electron chi connectivity index (χ4n) is 4.55. The first-order valence-electron chi connectivity index (χ1n) is 11.7. The Morgan fingerprint density at radius 3 is 2.22 bits per heavy atom. The molecule has 4 rings (SSSR count). The van der Waals surface area contributed by atoms with Crippen LogP contribution in [0.3, 0.4) is 0 Å². The van der Waals surface area contributed by atoms with Crippen LogP contribution in [0.4, 0.5) is 17.1 Å². The Morgan fingerprint density at radius 1 is 1.00 bits per heavy atom. The number of benzene rings is 2. The average molecular weight is 552 g/mol. The number of nitro benzene ring substituents is 1. The third kappa shape index (κ3) is 5.77. The van der Waals surface area contributed by atoms with Crippen molar-refractivity contribution in [3.8, 4) is 5.75 Å². The SMILES string of the molecule is COc1c(Cl)cc(C(=O)NC(=S)N2CCN(c3ccc([N+](=O)[O-])c(N4CCCCC4)c3)CC2)cc1Cl. The van der Waals surface area contributed by atoms with E-state index in [2.05, 4.69) is 15.1 Å². The van der Waals surface area contributed by atoms with Gasteiger partial charge in [-0.3, -0.25) is 20.2 Å². The van der Waals surface area contributed by atoms with E-state index in [1.54, 1.807) is 12.1 Å². The Morgan fingerprint density at radius 2 is 1.64 bits per heavy atom. The van der Waals surface area contributed by atoms with Crippen LogP contribution in [0.1, 0.15) is 29.6 Å². The lowest BCUT2D eigenvalue weighted by atomic mass is 10.1. The van der Waals surface area contributed by atoms with Crippen molar-refractivity contribution in [1.29, 1.82) is 0 Å². The van der Waals surface area contributed by atoms with Gasteiger partial charge in [0, 0.05) is 56.6 Å². The monoisotopic (exact) mass is 551 g/mol. The molecule has 36 heavy (non-hydrogen) atoms. The Labute approximate surface area is 225 Å². The van der Waals surface area contributed by atoms with E-state index in [0.29, 0.717) is 42.7 Å². The first-order valence-corrected chi connectivity index (χ1v) is 12.9. The van der Waals surface area contributed by atoms with Gasteiger partial charge in [0.05, 0.1) is 22.1 Å². The smallest absolute Gasteiger partial charge is 0.292 e. The van der Waals surface area contributed by atoms with Crippen LogP contribution >= 0.6 is 35.4 Å². The standard InChI is InChI=1S/C24H27Cl2N5O4S/c1-35-22-18(25)13-16(14-19(22)26)23(32)27-24(36)30-11-9-28(10-12-30)17-5-6-20(31(33)34)21(15-17)29-7-3-2-4-8-29/h5-6,13-15H,2-4,7-12H2,1H3,(H,27,32,36). The molecule has 0 spiro atoms. The van der Waals surface area contributed by atoms with Crippen LogP contribution < -0.4 is 19.9 Å². The van der Waals surface area contributed by atoms with E-state index in [1.807, 2.05) is 11.0 Å². The summed E-state index contributed by atoms with van der Waals surface area (Å²) in [5.41, 5.74) is 2.04. The number of halogens is 2. The van der Waals surface area contributed by atoms with Crippen LogP contribution in [0, 0.1) is 10.1 Å². The minimum Gasteiger partial charge on any atom is -0.494 e. The zero-order chi connectivity index (χ0) is 25.8. The zero-order valence-corrected chi connectivity index (χ0v) is 22.2. The van der Waals surface area contributed by atoms with Crippen LogP contribution in [-0.2, 0) is 0 Å². The third-order valence-electron chi connectivity index (χ3n) is 6.47. The third-order valence-corrected chi connectivity index (χ3v) is 7.39. The van der Waals surface area contributed by atoms with Crippen molar-refractivity contribution in [3.05, 3.63) is 56.1 Å². The normalized spacial score (nSPS) is 16.0. The number of nitrogens with zero attached hydrogens (tertiary/aromatic N) is 4. The summed E-state index contributed by atoms with van der Waals surface area (Å²) < 4.78 is 5.12. The van der Waals surface area contributed by atoms with E-state index in [-0.39, 0.29) is 26.2 Å². The van der Waals surface area contributed by atoms with Crippen molar-refractivity contribution in [2.75, 3.05) is 56.2 Å². The van der Waals surface area contributed by atoms with Gasteiger partial charge < -0.3 is 19.4 Å². The first kappa shape index (κ1) is 26.2. The number of carbonyl (C=O) groups is 1. The van der Waals surface area contributed by atoms with Crippen LogP contribution in [0.5, 0.6) is 5.75 Å². The number of piperazine rings is 1. The quantitative estimate of drug-likeness (QED) is 0.323. The summed E-state index contributed by atoms with van der Waals surface area (Å²) in [6.45, 7) is 4.17. The summed E-state index contributed by atoms with van der Waals surface area (Å²) in [5, 5.41) is 15.2. The maximum Gasteiger partial charge on any atom is 0.292 e. The molecule has 12 heteroatoms. The highest BCUT2D eigenvalue weighted by molar-refractivity contribution is 7.80. The van der Waals surface area contributed by atoms with E-state index < -0.39 is 5.91 Å². The van der Waals surface area contributed by atoms with Crippen LogP contribution in [0.15, 0.2) is 30.3 Å². The van der Waals surface area contributed by atoms with Gasteiger partial charge in [-0.25, -0.2) is 0 Å². The number of thiocarbonyl (C=S) groups is 1. The van der Waals surface area contributed by atoms with E-state index in [9.17, 15) is 14.9 Å². The van der Waals surface area contributed by atoms with Crippen molar-refractivity contribution in [1.82, 2.24) is 10.2 Å². The van der Waals surface area contributed by atoms with E-state index in [4.69, 9.17) is 40.2 Å². The number of methoxy groups -OCH3 is 1. The molecule has 0 radical (unpaired) electrons. The Hall–Kier alpha value is -2.82. The van der Waals surface area contributed by atoms with E-state index >= 15 is 0 Å². The highest BCUT2D eigenvalue weighted by atomic mass is 35.5. The lowest BCUT2D eigenvalue weighted by molar-refractivity contribution is -0.384. The molecule has 2 fully saturated rings. The van der Waals surface area contributed by atoms with Crippen molar-refractivity contribution < 1.29 is 14.5 Å². The zero-order valence-electron chi connectivity index (χ0n) is 19.8. The summed E-state index contributed by atoms with van der Waals surface area (Å²) in [6, 6.07) is 8.30. The minimum absolute atomic E-state index is 0.141. The van der Waals surface area contributed by atoms with Crippen molar-refractivity contribution in [2.24, 2.45) is 0 Å². The van der Waals surface area contributed by atoms with Gasteiger partial charge >= 0.3 is 0 Å². The molecule has 0 unspecified atom stereocenters. The van der Waals surface area contributed by atoms with Gasteiger partial charge in [0.25, 0.3) is 11.6 Å². The van der Waals surface area contributed by atoms with Gasteiger partial charge in [-0.2, -0.15) is 0 Å². The molecule has 2 aliphatic heterocycles. The van der Waals surface area contributed by atoms with Gasteiger partial charge in [-0.15, -0.1) is 0 Å². The molecule has 0 saturated carbocycles. The molecule has 2 aromatic carbocycles. The Kier molecular flexibility index (Phi) is 8.38. The van der Waals surface area contributed by atoms with Gasteiger partial charge in [0.15, 0.2) is 10.9 Å². The molecule has 1 amide bonds. The summed E-state index contributed by atoms with van der Waals surface area (Å²) >= 11 is 17.8. The second-order valence-corrected chi connectivity index (χ2v) is 9.89. The van der Waals surface area contributed by atoms with E-state index in [1.165, 1.54) is 19.2 Å². The molecule has 2 aliphatic rings. The van der Waals surface area contributed by atoms with Crippen LogP contribution in [0.25, 0.3) is 0 Å². The molecular weight excluding hydrogens is 525 g/mol. The molecule has 2 saturated heterocycles. The summed E-state index contributed by atoms with van der Waals surface area (Å²) in [5.74, 6) is -0.0984. The molecule has 0 aromatic heterocycles. The predicted octanol–water partition coefficient (Wildman–Crippen LogP) is 4.74. The molecule has 192 valence electrons. The lowest BCUT2D eigenvalue weighted by Gasteiger charge is -2.37. The molecule has 1 N–H and O–H groups in total. The number of anilines is 2. The molecule has 0 aliphatic carbocycles. The number of ether oxygens (including phenoxy) is 1. The van der Waals surface area contributed by atoms with Gasteiger partial charge in [-0.1, -0.05) is 23.2 Å². The number of hydrogen-bond acceptors (Lipinski definition) is 7.